The zero-order valence-corrected chi connectivity index (χ0v) is 19.3. The van der Waals surface area contributed by atoms with Gasteiger partial charge in [-0.1, -0.05) is 34.1 Å². The van der Waals surface area contributed by atoms with Crippen molar-refractivity contribution in [3.05, 3.63) is 88.4 Å². The van der Waals surface area contributed by atoms with E-state index in [-0.39, 0.29) is 18.1 Å². The summed E-state index contributed by atoms with van der Waals surface area (Å²) in [5, 5.41) is 14.9. The number of hydrogen-bond acceptors (Lipinski definition) is 5. The minimum atomic E-state index is -0.549. The van der Waals surface area contributed by atoms with Crippen LogP contribution < -0.4 is 20.1 Å². The van der Waals surface area contributed by atoms with Crippen molar-refractivity contribution in [3.63, 3.8) is 0 Å². The number of nitrogens with zero attached hydrogens (tertiary/aromatic N) is 1. The summed E-state index contributed by atoms with van der Waals surface area (Å²) in [6.07, 6.45) is 1.42. The molecule has 2 amide bonds. The highest BCUT2D eigenvalue weighted by Crippen LogP contribution is 2.26. The maximum absolute atomic E-state index is 12.5. The average molecular weight is 506 g/mol. The SMILES string of the molecule is COc1ccc(NC(=O)COc2ccc(Br)cc2/C=C(\C#N)C(=O)Nc2ccccc2)cc1. The van der Waals surface area contributed by atoms with Crippen LogP contribution in [-0.4, -0.2) is 25.5 Å². The van der Waals surface area contributed by atoms with Crippen LogP contribution in [0.2, 0.25) is 0 Å². The Hall–Kier alpha value is -4.09. The summed E-state index contributed by atoms with van der Waals surface area (Å²) in [4.78, 5) is 24.8. The molecule has 33 heavy (non-hydrogen) atoms. The number of carbonyl (C=O) groups is 2. The van der Waals surface area contributed by atoms with E-state index in [0.717, 1.165) is 4.47 Å². The molecular weight excluding hydrogens is 486 g/mol. The monoisotopic (exact) mass is 505 g/mol. The van der Waals surface area contributed by atoms with Crippen LogP contribution in [0.15, 0.2) is 82.8 Å². The van der Waals surface area contributed by atoms with Gasteiger partial charge in [-0.2, -0.15) is 5.26 Å². The first-order valence-electron chi connectivity index (χ1n) is 9.83. The third kappa shape index (κ3) is 6.95. The van der Waals surface area contributed by atoms with E-state index < -0.39 is 5.91 Å². The topological polar surface area (TPSA) is 100 Å². The number of hydrogen-bond donors (Lipinski definition) is 2. The molecule has 0 aliphatic heterocycles. The molecule has 2 N–H and O–H groups in total. The van der Waals surface area contributed by atoms with E-state index in [1.165, 1.54) is 6.08 Å². The van der Waals surface area contributed by atoms with Crippen LogP contribution >= 0.6 is 15.9 Å². The molecule has 0 fully saturated rings. The lowest BCUT2D eigenvalue weighted by molar-refractivity contribution is -0.118. The Morgan fingerprint density at radius 1 is 1.00 bits per heavy atom. The minimum Gasteiger partial charge on any atom is -0.497 e. The summed E-state index contributed by atoms with van der Waals surface area (Å²) in [7, 11) is 1.56. The molecular formula is C25H20BrN3O4. The number of amides is 2. The second kappa shape index (κ2) is 11.5. The molecule has 0 aliphatic carbocycles. The van der Waals surface area contributed by atoms with Gasteiger partial charge in [0.2, 0.25) is 0 Å². The second-order valence-corrected chi connectivity index (χ2v) is 7.65. The van der Waals surface area contributed by atoms with Crippen molar-refractivity contribution in [1.82, 2.24) is 0 Å². The fourth-order valence-electron chi connectivity index (χ4n) is 2.80. The molecule has 166 valence electrons. The minimum absolute atomic E-state index is 0.107. The zero-order chi connectivity index (χ0) is 23.6. The van der Waals surface area contributed by atoms with Gasteiger partial charge in [-0.25, -0.2) is 0 Å². The molecule has 0 radical (unpaired) electrons. The highest BCUT2D eigenvalue weighted by Gasteiger charge is 2.13. The quantitative estimate of drug-likeness (QED) is 0.330. The number of nitrogens with one attached hydrogen (secondary N) is 2. The van der Waals surface area contributed by atoms with E-state index in [9.17, 15) is 14.9 Å². The maximum atomic E-state index is 12.5. The second-order valence-electron chi connectivity index (χ2n) is 6.74. The van der Waals surface area contributed by atoms with Crippen LogP contribution in [0.3, 0.4) is 0 Å². The van der Waals surface area contributed by atoms with E-state index in [1.54, 1.807) is 73.8 Å². The Kier molecular flexibility index (Phi) is 8.22. The third-order valence-electron chi connectivity index (χ3n) is 4.40. The van der Waals surface area contributed by atoms with Gasteiger partial charge in [-0.15, -0.1) is 0 Å². The average Bonchev–Trinajstić information content (AvgIpc) is 2.83. The van der Waals surface area contributed by atoms with Crippen LogP contribution in [0.1, 0.15) is 5.56 Å². The van der Waals surface area contributed by atoms with E-state index in [0.29, 0.717) is 28.4 Å². The Labute approximate surface area is 199 Å². The first-order chi connectivity index (χ1) is 16.0. The fraction of sp³-hybridized carbons (Fsp3) is 0.0800. The van der Waals surface area contributed by atoms with Crippen LogP contribution in [0, 0.1) is 11.3 Å². The zero-order valence-electron chi connectivity index (χ0n) is 17.7. The number of halogens is 1. The molecule has 0 bridgehead atoms. The maximum Gasteiger partial charge on any atom is 0.266 e. The predicted octanol–water partition coefficient (Wildman–Crippen LogP) is 5.02. The molecule has 0 aromatic heterocycles. The molecule has 3 rings (SSSR count). The van der Waals surface area contributed by atoms with Gasteiger partial charge >= 0.3 is 0 Å². The van der Waals surface area contributed by atoms with E-state index in [2.05, 4.69) is 26.6 Å². The normalized spacial score (nSPS) is 10.6. The van der Waals surface area contributed by atoms with Gasteiger partial charge < -0.3 is 20.1 Å². The Balaban J connectivity index is 1.71. The first-order valence-corrected chi connectivity index (χ1v) is 10.6. The molecule has 8 heteroatoms. The lowest BCUT2D eigenvalue weighted by Crippen LogP contribution is -2.20. The van der Waals surface area contributed by atoms with Crippen molar-refractivity contribution in [1.29, 1.82) is 5.26 Å². The van der Waals surface area contributed by atoms with Gasteiger partial charge in [0.1, 0.15) is 23.1 Å². The summed E-state index contributed by atoms with van der Waals surface area (Å²) in [5.41, 5.74) is 1.54. The third-order valence-corrected chi connectivity index (χ3v) is 4.89. The summed E-state index contributed by atoms with van der Waals surface area (Å²) in [5.74, 6) is 0.121. The predicted molar refractivity (Wildman–Crippen MR) is 130 cm³/mol. The summed E-state index contributed by atoms with van der Waals surface area (Å²) in [6, 6.07) is 22.7. The Morgan fingerprint density at radius 2 is 1.70 bits per heavy atom. The summed E-state index contributed by atoms with van der Waals surface area (Å²) in [6.45, 7) is -0.257. The van der Waals surface area contributed by atoms with Gasteiger partial charge in [0, 0.05) is 21.4 Å². The van der Waals surface area contributed by atoms with Crippen molar-refractivity contribution in [2.24, 2.45) is 0 Å². The highest BCUT2D eigenvalue weighted by molar-refractivity contribution is 9.10. The van der Waals surface area contributed by atoms with Crippen molar-refractivity contribution in [3.8, 4) is 17.6 Å². The molecule has 0 saturated heterocycles. The van der Waals surface area contributed by atoms with E-state index >= 15 is 0 Å². The van der Waals surface area contributed by atoms with E-state index in [4.69, 9.17) is 9.47 Å². The smallest absolute Gasteiger partial charge is 0.266 e. The highest BCUT2D eigenvalue weighted by atomic mass is 79.9. The summed E-state index contributed by atoms with van der Waals surface area (Å²) >= 11 is 3.38. The number of nitriles is 1. The van der Waals surface area contributed by atoms with Crippen molar-refractivity contribution in [2.45, 2.75) is 0 Å². The largest absolute Gasteiger partial charge is 0.497 e. The number of anilines is 2. The fourth-order valence-corrected chi connectivity index (χ4v) is 3.18. The number of rotatable bonds is 8. The van der Waals surface area contributed by atoms with Gasteiger partial charge in [0.15, 0.2) is 6.61 Å². The van der Waals surface area contributed by atoms with Crippen LogP contribution in [-0.2, 0) is 9.59 Å². The van der Waals surface area contributed by atoms with Crippen LogP contribution in [0.5, 0.6) is 11.5 Å². The molecule has 3 aromatic carbocycles. The van der Waals surface area contributed by atoms with Gasteiger partial charge in [-0.3, -0.25) is 9.59 Å². The summed E-state index contributed by atoms with van der Waals surface area (Å²) < 4.78 is 11.5. The lowest BCUT2D eigenvalue weighted by atomic mass is 10.1. The molecule has 7 nitrogen and oxygen atoms in total. The van der Waals surface area contributed by atoms with Gasteiger partial charge in [0.25, 0.3) is 11.8 Å². The molecule has 0 atom stereocenters. The van der Waals surface area contributed by atoms with Gasteiger partial charge in [0.05, 0.1) is 7.11 Å². The molecule has 0 heterocycles. The first kappa shape index (κ1) is 23.6. The molecule has 0 unspecified atom stereocenters. The van der Waals surface area contributed by atoms with Crippen molar-refractivity contribution < 1.29 is 19.1 Å². The Morgan fingerprint density at radius 3 is 2.36 bits per heavy atom. The number of benzene rings is 3. The standard InChI is InChI=1S/C25H20BrN3O4/c1-32-22-10-8-21(9-11-22)28-24(30)16-33-23-12-7-19(26)14-17(23)13-18(15-27)25(31)29-20-5-3-2-4-6-20/h2-14H,16H2,1H3,(H,28,30)(H,29,31)/b18-13+. The number of methoxy groups -OCH3 is 1. The van der Waals surface area contributed by atoms with Crippen LogP contribution in [0.4, 0.5) is 11.4 Å². The number of carbonyl (C=O) groups excluding carboxylic acids is 2. The lowest BCUT2D eigenvalue weighted by Gasteiger charge is -2.11. The van der Waals surface area contributed by atoms with Crippen molar-refractivity contribution in [2.75, 3.05) is 24.4 Å². The van der Waals surface area contributed by atoms with E-state index in [1.807, 2.05) is 12.1 Å². The number of ether oxygens (including phenoxy) is 2. The van der Waals surface area contributed by atoms with Gasteiger partial charge in [-0.05, 0) is 60.7 Å². The Bertz CT molecular complexity index is 1200. The molecule has 0 saturated carbocycles. The molecule has 0 aliphatic rings. The number of para-hydroxylation sites is 1. The van der Waals surface area contributed by atoms with Crippen molar-refractivity contribution >= 4 is 45.2 Å². The van der Waals surface area contributed by atoms with Crippen LogP contribution in [0.25, 0.3) is 6.08 Å². The molecule has 3 aromatic rings. The molecule has 0 spiro atoms.